The molecule has 6 rings (SSSR count). The van der Waals surface area contributed by atoms with Gasteiger partial charge in [0, 0.05) is 38.3 Å². The Morgan fingerprint density at radius 2 is 1.58 bits per heavy atom. The van der Waals surface area contributed by atoms with E-state index in [2.05, 4.69) is 108 Å². The van der Waals surface area contributed by atoms with Crippen molar-refractivity contribution < 1.29 is 9.90 Å². The standard InChI is InChI=1S/C35H38N6O2/c1-23-29(26-11-9-25(10-12-26)20-36-16-18-42)5-3-7-31(23)32-8-4-6-30(24(32)2)27-15-17-41-34(19-27)39-33(40-41)22-37-21-28-13-14-35(43)38-28/h3-12,15,17,19,28,36-37,42H,13-14,16,18,20-22H2,1-2H3,(H,38,43)/t28-/m0/s1. The Kier molecular flexibility index (Phi) is 8.60. The van der Waals surface area contributed by atoms with E-state index in [0.29, 0.717) is 26.1 Å². The minimum Gasteiger partial charge on any atom is -0.395 e. The summed E-state index contributed by atoms with van der Waals surface area (Å²) in [5.74, 6) is 0.857. The number of nitrogens with one attached hydrogen (secondary N) is 3. The highest BCUT2D eigenvalue weighted by molar-refractivity contribution is 5.84. The summed E-state index contributed by atoms with van der Waals surface area (Å²) in [6.07, 6.45) is 3.44. The average Bonchev–Trinajstić information content (AvgIpc) is 3.63. The number of aliphatic hydroxyl groups excluding tert-OH is 1. The minimum atomic E-state index is 0.127. The summed E-state index contributed by atoms with van der Waals surface area (Å²) in [5.41, 5.74) is 11.6. The van der Waals surface area contributed by atoms with Crippen LogP contribution in [0.15, 0.2) is 79.0 Å². The van der Waals surface area contributed by atoms with Crippen LogP contribution in [0.3, 0.4) is 0 Å². The van der Waals surface area contributed by atoms with Gasteiger partial charge in [0.05, 0.1) is 13.2 Å². The van der Waals surface area contributed by atoms with Gasteiger partial charge < -0.3 is 21.1 Å². The van der Waals surface area contributed by atoms with E-state index in [0.717, 1.165) is 30.0 Å². The van der Waals surface area contributed by atoms with Crippen molar-refractivity contribution in [2.75, 3.05) is 19.7 Å². The molecule has 1 amide bonds. The molecule has 0 bridgehead atoms. The molecule has 1 atom stereocenters. The summed E-state index contributed by atoms with van der Waals surface area (Å²) in [5, 5.41) is 23.2. The van der Waals surface area contributed by atoms with Gasteiger partial charge in [0.15, 0.2) is 11.5 Å². The van der Waals surface area contributed by atoms with E-state index in [1.807, 2.05) is 10.7 Å². The highest BCUT2D eigenvalue weighted by Crippen LogP contribution is 2.37. The van der Waals surface area contributed by atoms with Gasteiger partial charge in [-0.25, -0.2) is 9.50 Å². The number of benzene rings is 3. The van der Waals surface area contributed by atoms with Crippen molar-refractivity contribution in [2.45, 2.75) is 45.8 Å². The molecule has 1 saturated heterocycles. The SMILES string of the molecule is Cc1c(-c2ccc(CNCCO)cc2)cccc1-c1cccc(-c2ccn3nc(CNC[C@@H]4CCC(=O)N4)nc3c2)c1C. The quantitative estimate of drug-likeness (QED) is 0.169. The van der Waals surface area contributed by atoms with Crippen LogP contribution >= 0.6 is 0 Å². The predicted molar refractivity (Wildman–Crippen MR) is 170 cm³/mol. The average molecular weight is 575 g/mol. The number of aromatic nitrogens is 3. The van der Waals surface area contributed by atoms with Gasteiger partial charge in [0.1, 0.15) is 0 Å². The third kappa shape index (κ3) is 6.37. The van der Waals surface area contributed by atoms with E-state index in [9.17, 15) is 4.79 Å². The van der Waals surface area contributed by atoms with Crippen molar-refractivity contribution >= 4 is 11.6 Å². The van der Waals surface area contributed by atoms with Crippen LogP contribution < -0.4 is 16.0 Å². The zero-order valence-electron chi connectivity index (χ0n) is 24.7. The molecule has 0 radical (unpaired) electrons. The number of aliphatic hydroxyl groups is 1. The highest BCUT2D eigenvalue weighted by atomic mass is 16.3. The van der Waals surface area contributed by atoms with E-state index in [-0.39, 0.29) is 18.6 Å². The summed E-state index contributed by atoms with van der Waals surface area (Å²) < 4.78 is 1.82. The molecule has 4 N–H and O–H groups in total. The smallest absolute Gasteiger partial charge is 0.220 e. The van der Waals surface area contributed by atoms with Crippen LogP contribution in [0.2, 0.25) is 0 Å². The van der Waals surface area contributed by atoms with Gasteiger partial charge in [0.2, 0.25) is 5.91 Å². The molecule has 0 unspecified atom stereocenters. The van der Waals surface area contributed by atoms with E-state index in [1.54, 1.807) is 0 Å². The number of hydrogen-bond acceptors (Lipinski definition) is 6. The molecule has 1 aliphatic rings. The van der Waals surface area contributed by atoms with Crippen molar-refractivity contribution in [3.05, 3.63) is 102 Å². The second-order valence-corrected chi connectivity index (χ2v) is 11.2. The first kappa shape index (κ1) is 28.7. The second-order valence-electron chi connectivity index (χ2n) is 11.2. The predicted octanol–water partition coefficient (Wildman–Crippen LogP) is 4.80. The van der Waals surface area contributed by atoms with Crippen molar-refractivity contribution in [1.82, 2.24) is 30.5 Å². The van der Waals surface area contributed by atoms with Crippen molar-refractivity contribution in [2.24, 2.45) is 0 Å². The van der Waals surface area contributed by atoms with Crippen LogP contribution in [0.25, 0.3) is 39.0 Å². The fraction of sp³-hybridized carbons (Fsp3) is 0.286. The molecule has 3 aromatic carbocycles. The van der Waals surface area contributed by atoms with Crippen LogP contribution in [-0.4, -0.2) is 51.4 Å². The minimum absolute atomic E-state index is 0.127. The van der Waals surface area contributed by atoms with Crippen LogP contribution in [-0.2, 0) is 17.9 Å². The number of nitrogens with zero attached hydrogens (tertiary/aromatic N) is 3. The number of pyridine rings is 1. The Morgan fingerprint density at radius 3 is 2.26 bits per heavy atom. The Morgan fingerprint density at radius 1 is 0.884 bits per heavy atom. The lowest BCUT2D eigenvalue weighted by Gasteiger charge is -2.16. The summed E-state index contributed by atoms with van der Waals surface area (Å²) in [7, 11) is 0. The van der Waals surface area contributed by atoms with Crippen LogP contribution in [0.4, 0.5) is 0 Å². The fourth-order valence-corrected chi connectivity index (χ4v) is 5.95. The summed E-state index contributed by atoms with van der Waals surface area (Å²) in [6, 6.07) is 26.1. The van der Waals surface area contributed by atoms with Crippen molar-refractivity contribution in [1.29, 1.82) is 0 Å². The maximum absolute atomic E-state index is 11.4. The van der Waals surface area contributed by atoms with Gasteiger partial charge in [-0.05, 0) is 82.5 Å². The molecule has 1 fully saturated rings. The van der Waals surface area contributed by atoms with Crippen LogP contribution in [0.1, 0.15) is 35.4 Å². The van der Waals surface area contributed by atoms with E-state index < -0.39 is 0 Å². The first-order chi connectivity index (χ1) is 21.0. The molecule has 0 saturated carbocycles. The van der Waals surface area contributed by atoms with Gasteiger partial charge in [-0.1, -0.05) is 60.7 Å². The molecule has 2 aromatic heterocycles. The molecule has 220 valence electrons. The maximum atomic E-state index is 11.4. The molecule has 8 nitrogen and oxygen atoms in total. The van der Waals surface area contributed by atoms with E-state index >= 15 is 0 Å². The highest BCUT2D eigenvalue weighted by Gasteiger charge is 2.20. The Balaban J connectivity index is 1.22. The van der Waals surface area contributed by atoms with E-state index in [4.69, 9.17) is 10.1 Å². The molecule has 1 aliphatic heterocycles. The lowest BCUT2D eigenvalue weighted by atomic mass is 9.88. The normalized spacial score (nSPS) is 14.9. The van der Waals surface area contributed by atoms with Gasteiger partial charge in [-0.3, -0.25) is 4.79 Å². The number of hydrogen-bond donors (Lipinski definition) is 4. The molecule has 3 heterocycles. The van der Waals surface area contributed by atoms with Gasteiger partial charge in [-0.15, -0.1) is 5.10 Å². The molecular weight excluding hydrogens is 536 g/mol. The number of amides is 1. The molecule has 0 aliphatic carbocycles. The molecule has 5 aromatic rings. The van der Waals surface area contributed by atoms with Gasteiger partial charge >= 0.3 is 0 Å². The van der Waals surface area contributed by atoms with Gasteiger partial charge in [-0.2, -0.15) is 0 Å². The zero-order valence-corrected chi connectivity index (χ0v) is 24.7. The monoisotopic (exact) mass is 574 g/mol. The summed E-state index contributed by atoms with van der Waals surface area (Å²) >= 11 is 0. The Bertz CT molecular complexity index is 1740. The number of fused-ring (bicyclic) bond motifs is 1. The lowest BCUT2D eigenvalue weighted by molar-refractivity contribution is -0.119. The number of rotatable bonds is 11. The van der Waals surface area contributed by atoms with Crippen molar-refractivity contribution in [3.8, 4) is 33.4 Å². The molecule has 8 heteroatoms. The maximum Gasteiger partial charge on any atom is 0.220 e. The van der Waals surface area contributed by atoms with Gasteiger partial charge in [0.25, 0.3) is 0 Å². The molecule has 0 spiro atoms. The Hall–Kier alpha value is -4.37. The first-order valence-corrected chi connectivity index (χ1v) is 15.0. The Labute approximate surface area is 252 Å². The lowest BCUT2D eigenvalue weighted by Crippen LogP contribution is -2.35. The number of carbonyl (C=O) groups excluding carboxylic acids is 1. The second kappa shape index (κ2) is 12.9. The molecule has 43 heavy (non-hydrogen) atoms. The third-order valence-electron chi connectivity index (χ3n) is 8.29. The molecular formula is C35H38N6O2. The largest absolute Gasteiger partial charge is 0.395 e. The third-order valence-corrected chi connectivity index (χ3v) is 8.29. The summed E-state index contributed by atoms with van der Waals surface area (Å²) in [4.78, 5) is 16.2. The number of carbonyl (C=O) groups is 1. The topological polar surface area (TPSA) is 104 Å². The fourth-order valence-electron chi connectivity index (χ4n) is 5.95. The van der Waals surface area contributed by atoms with Crippen LogP contribution in [0, 0.1) is 13.8 Å². The summed E-state index contributed by atoms with van der Waals surface area (Å²) in [6.45, 7) is 7.14. The van der Waals surface area contributed by atoms with Crippen molar-refractivity contribution in [3.63, 3.8) is 0 Å². The zero-order chi connectivity index (χ0) is 29.8. The van der Waals surface area contributed by atoms with Crippen LogP contribution in [0.5, 0.6) is 0 Å². The first-order valence-electron chi connectivity index (χ1n) is 15.0. The van der Waals surface area contributed by atoms with E-state index in [1.165, 1.54) is 44.5 Å².